The van der Waals surface area contributed by atoms with Gasteiger partial charge in [0.15, 0.2) is 0 Å². The first kappa shape index (κ1) is 25.2. The fourth-order valence-electron chi connectivity index (χ4n) is 4.54. The van der Waals surface area contributed by atoms with Gasteiger partial charge in [-0.1, -0.05) is 74.2 Å². The third-order valence-electron chi connectivity index (χ3n) is 6.56. The van der Waals surface area contributed by atoms with E-state index in [-0.39, 0.29) is 10.9 Å². The molecule has 3 rings (SSSR count). The van der Waals surface area contributed by atoms with Crippen LogP contribution in [0.1, 0.15) is 61.8 Å². The Balaban J connectivity index is 2.09. The molecule has 3 aromatic rings. The maximum Gasteiger partial charge on any atom is 0.141 e. The molecule has 0 amide bonds. The van der Waals surface area contributed by atoms with Gasteiger partial charge in [-0.25, -0.2) is 10.2 Å². The molecule has 0 saturated heterocycles. The molecule has 33 heavy (non-hydrogen) atoms. The van der Waals surface area contributed by atoms with Crippen LogP contribution in [-0.2, 0) is 5.60 Å². The number of hydrazine groups is 1. The number of nitrogens with two attached hydrogens (primary N) is 1. The molecule has 0 aliphatic carbocycles. The van der Waals surface area contributed by atoms with Crippen LogP contribution in [0.4, 0.5) is 15.8 Å². The van der Waals surface area contributed by atoms with Crippen molar-refractivity contribution < 1.29 is 9.50 Å². The Hall–Kier alpha value is -2.40. The van der Waals surface area contributed by atoms with Gasteiger partial charge < -0.3 is 5.11 Å². The molecular weight excluding hydrogens is 435 g/mol. The second-order valence-corrected chi connectivity index (χ2v) is 9.26. The third kappa shape index (κ3) is 5.24. The summed E-state index contributed by atoms with van der Waals surface area (Å²) in [6, 6.07) is 18.4. The highest BCUT2D eigenvalue weighted by Crippen LogP contribution is 2.43. The monoisotopic (exact) mass is 468 g/mol. The third-order valence-corrected chi connectivity index (χ3v) is 6.85. The lowest BCUT2D eigenvalue weighted by Gasteiger charge is -2.38. The van der Waals surface area contributed by atoms with Crippen molar-refractivity contribution in [3.8, 4) is 0 Å². The van der Waals surface area contributed by atoms with E-state index in [0.717, 1.165) is 48.2 Å². The van der Waals surface area contributed by atoms with Crippen LogP contribution in [0.3, 0.4) is 0 Å². The van der Waals surface area contributed by atoms with Crippen molar-refractivity contribution >= 4 is 23.0 Å². The molecule has 3 nitrogen and oxygen atoms in total. The molecule has 0 radical (unpaired) electrons. The Morgan fingerprint density at radius 3 is 2.21 bits per heavy atom. The predicted molar refractivity (Wildman–Crippen MR) is 136 cm³/mol. The number of aliphatic hydroxyl groups is 1. The van der Waals surface area contributed by atoms with Gasteiger partial charge in [-0.05, 0) is 79.6 Å². The molecule has 2 unspecified atom stereocenters. The molecule has 0 aliphatic rings. The van der Waals surface area contributed by atoms with Gasteiger partial charge in [0.1, 0.15) is 11.4 Å². The van der Waals surface area contributed by atoms with Crippen LogP contribution in [-0.4, -0.2) is 5.11 Å². The van der Waals surface area contributed by atoms with Crippen molar-refractivity contribution in [2.24, 2.45) is 11.8 Å². The number of halogens is 2. The maximum atomic E-state index is 13.9. The topological polar surface area (TPSA) is 49.5 Å². The molecule has 5 heteroatoms. The van der Waals surface area contributed by atoms with Crippen molar-refractivity contribution in [1.29, 1.82) is 0 Å². The summed E-state index contributed by atoms with van der Waals surface area (Å²) in [7, 11) is 0. The van der Waals surface area contributed by atoms with Gasteiger partial charge in [-0.3, -0.25) is 5.01 Å². The SMILES string of the molecule is CCCCC(CC)C(O)(c1ccc(N(N)c2ccc(C)cc2)c(C)c1)c1ccc(F)c(Cl)c1. The zero-order valence-electron chi connectivity index (χ0n) is 19.9. The minimum Gasteiger partial charge on any atom is -0.380 e. The Kier molecular flexibility index (Phi) is 8.17. The second-order valence-electron chi connectivity index (χ2n) is 8.85. The van der Waals surface area contributed by atoms with Crippen LogP contribution in [0.2, 0.25) is 5.02 Å². The van der Waals surface area contributed by atoms with E-state index in [9.17, 15) is 9.50 Å². The maximum absolute atomic E-state index is 13.9. The van der Waals surface area contributed by atoms with E-state index < -0.39 is 11.4 Å². The molecule has 3 aromatic carbocycles. The summed E-state index contributed by atoms with van der Waals surface area (Å²) in [5, 5.41) is 13.9. The number of hydrogen-bond donors (Lipinski definition) is 2. The van der Waals surface area contributed by atoms with Crippen molar-refractivity contribution in [2.75, 3.05) is 5.01 Å². The highest BCUT2D eigenvalue weighted by Gasteiger charge is 2.39. The molecule has 3 N–H and O–H groups in total. The Morgan fingerprint density at radius 2 is 1.64 bits per heavy atom. The Bertz CT molecular complexity index is 1090. The van der Waals surface area contributed by atoms with Gasteiger partial charge in [0.05, 0.1) is 16.4 Å². The number of aryl methyl sites for hydroxylation is 2. The number of rotatable bonds is 9. The second kappa shape index (κ2) is 10.7. The highest BCUT2D eigenvalue weighted by molar-refractivity contribution is 6.30. The zero-order valence-corrected chi connectivity index (χ0v) is 20.7. The number of unbranched alkanes of at least 4 members (excludes halogenated alkanes) is 1. The minimum atomic E-state index is -1.30. The first-order chi connectivity index (χ1) is 15.7. The molecule has 0 aromatic heterocycles. The first-order valence-electron chi connectivity index (χ1n) is 11.6. The van der Waals surface area contributed by atoms with Crippen molar-refractivity contribution in [1.82, 2.24) is 0 Å². The summed E-state index contributed by atoms with van der Waals surface area (Å²) in [4.78, 5) is 0. The van der Waals surface area contributed by atoms with E-state index in [2.05, 4.69) is 13.8 Å². The molecule has 0 saturated carbocycles. The van der Waals surface area contributed by atoms with E-state index >= 15 is 0 Å². The minimum absolute atomic E-state index is 0.0112. The van der Waals surface area contributed by atoms with Gasteiger partial charge >= 0.3 is 0 Å². The quantitative estimate of drug-likeness (QED) is 0.251. The first-order valence-corrected chi connectivity index (χ1v) is 12.0. The van der Waals surface area contributed by atoms with Gasteiger partial charge in [0.25, 0.3) is 0 Å². The number of benzene rings is 3. The average Bonchev–Trinajstić information content (AvgIpc) is 2.81. The van der Waals surface area contributed by atoms with Gasteiger partial charge in [0, 0.05) is 0 Å². The van der Waals surface area contributed by atoms with Crippen LogP contribution in [0.25, 0.3) is 0 Å². The Labute approximate surface area is 202 Å². The van der Waals surface area contributed by atoms with E-state index in [4.69, 9.17) is 17.4 Å². The summed E-state index contributed by atoms with van der Waals surface area (Å²) in [6.07, 6.45) is 3.66. The fourth-order valence-corrected chi connectivity index (χ4v) is 4.72. The molecule has 0 heterocycles. The van der Waals surface area contributed by atoms with Gasteiger partial charge in [0.2, 0.25) is 0 Å². The molecule has 176 valence electrons. The van der Waals surface area contributed by atoms with E-state index in [1.165, 1.54) is 11.6 Å². The smallest absolute Gasteiger partial charge is 0.141 e. The molecule has 0 aliphatic heterocycles. The lowest BCUT2D eigenvalue weighted by atomic mass is 9.72. The number of hydrogen-bond acceptors (Lipinski definition) is 3. The van der Waals surface area contributed by atoms with Crippen LogP contribution in [0.5, 0.6) is 0 Å². The largest absolute Gasteiger partial charge is 0.380 e. The standard InChI is InChI=1S/C28H34ClFN2O/c1-5-7-8-21(6-2)28(33,23-11-15-26(30)25(29)18-23)22-12-16-27(20(4)17-22)32(31)24-13-9-19(3)10-14-24/h9-18,21,33H,5-8,31H2,1-4H3. The summed E-state index contributed by atoms with van der Waals surface area (Å²) in [5.74, 6) is 5.90. The van der Waals surface area contributed by atoms with Crippen molar-refractivity contribution in [3.05, 3.63) is 93.8 Å². The van der Waals surface area contributed by atoms with Crippen LogP contribution in [0, 0.1) is 25.6 Å². The normalized spacial score (nSPS) is 14.1. The van der Waals surface area contributed by atoms with Crippen molar-refractivity contribution in [2.45, 2.75) is 59.0 Å². The fraction of sp³-hybridized carbons (Fsp3) is 0.357. The predicted octanol–water partition coefficient (Wildman–Crippen LogP) is 7.56. The number of anilines is 2. The van der Waals surface area contributed by atoms with E-state index in [1.54, 1.807) is 17.1 Å². The van der Waals surface area contributed by atoms with Gasteiger partial charge in [-0.2, -0.15) is 0 Å². The van der Waals surface area contributed by atoms with Gasteiger partial charge in [-0.15, -0.1) is 0 Å². The number of nitrogens with zero attached hydrogens (tertiary/aromatic N) is 1. The average molecular weight is 469 g/mol. The molecular formula is C28H34ClFN2O. The molecule has 0 spiro atoms. The van der Waals surface area contributed by atoms with Crippen LogP contribution in [0.15, 0.2) is 60.7 Å². The summed E-state index contributed by atoms with van der Waals surface area (Å²) in [5.41, 5.74) is 3.90. The highest BCUT2D eigenvalue weighted by atomic mass is 35.5. The molecule has 0 fully saturated rings. The Morgan fingerprint density at radius 1 is 1.00 bits per heavy atom. The molecule has 0 bridgehead atoms. The van der Waals surface area contributed by atoms with Crippen LogP contribution < -0.4 is 10.9 Å². The molecule has 2 atom stereocenters. The van der Waals surface area contributed by atoms with Crippen LogP contribution >= 0.6 is 11.6 Å². The summed E-state index contributed by atoms with van der Waals surface area (Å²) in [6.45, 7) is 8.24. The zero-order chi connectivity index (χ0) is 24.2. The lowest BCUT2D eigenvalue weighted by molar-refractivity contribution is 0.00913. The lowest BCUT2D eigenvalue weighted by Crippen LogP contribution is -2.37. The van der Waals surface area contributed by atoms with E-state index in [0.29, 0.717) is 5.56 Å². The summed E-state index contributed by atoms with van der Waals surface area (Å²) < 4.78 is 13.9. The summed E-state index contributed by atoms with van der Waals surface area (Å²) >= 11 is 6.13. The van der Waals surface area contributed by atoms with Crippen molar-refractivity contribution in [3.63, 3.8) is 0 Å². The van der Waals surface area contributed by atoms with E-state index in [1.807, 2.05) is 56.3 Å².